The van der Waals surface area contributed by atoms with Gasteiger partial charge in [0.2, 0.25) is 0 Å². The van der Waals surface area contributed by atoms with E-state index in [1.165, 1.54) is 18.2 Å². The second-order valence-electron chi connectivity index (χ2n) is 9.12. The number of sulfonamides is 1. The van der Waals surface area contributed by atoms with Crippen molar-refractivity contribution in [1.29, 1.82) is 0 Å². The third-order valence-electron chi connectivity index (χ3n) is 6.48. The van der Waals surface area contributed by atoms with Gasteiger partial charge in [0.15, 0.2) is 0 Å². The normalized spacial score (nSPS) is 12.7. The van der Waals surface area contributed by atoms with Gasteiger partial charge in [-0.25, -0.2) is 8.42 Å². The van der Waals surface area contributed by atoms with E-state index in [-0.39, 0.29) is 22.4 Å². The highest BCUT2D eigenvalue weighted by molar-refractivity contribution is 7.92. The van der Waals surface area contributed by atoms with Crippen molar-refractivity contribution in [2.75, 3.05) is 21.5 Å². The molecular formula is C29H27N3O4S. The molecule has 2 amide bonds. The summed E-state index contributed by atoms with van der Waals surface area (Å²) in [7, 11) is -3.80. The van der Waals surface area contributed by atoms with Gasteiger partial charge in [-0.1, -0.05) is 49.2 Å². The molecule has 188 valence electrons. The van der Waals surface area contributed by atoms with Crippen LogP contribution in [-0.4, -0.2) is 26.8 Å². The van der Waals surface area contributed by atoms with Crippen molar-refractivity contribution >= 4 is 49.7 Å². The molecule has 0 bridgehead atoms. The highest BCUT2D eigenvalue weighted by Crippen LogP contribution is 2.40. The van der Waals surface area contributed by atoms with E-state index in [1.807, 2.05) is 31.2 Å². The molecule has 0 unspecified atom stereocenters. The first-order valence-corrected chi connectivity index (χ1v) is 13.7. The van der Waals surface area contributed by atoms with Crippen LogP contribution in [0.3, 0.4) is 0 Å². The van der Waals surface area contributed by atoms with E-state index in [2.05, 4.69) is 17.0 Å². The van der Waals surface area contributed by atoms with Crippen LogP contribution >= 0.6 is 0 Å². The van der Waals surface area contributed by atoms with Crippen molar-refractivity contribution in [2.45, 2.75) is 31.6 Å². The molecule has 0 aliphatic carbocycles. The van der Waals surface area contributed by atoms with Crippen molar-refractivity contribution in [2.24, 2.45) is 0 Å². The Morgan fingerprint density at radius 2 is 1.70 bits per heavy atom. The van der Waals surface area contributed by atoms with Crippen molar-refractivity contribution in [3.8, 4) is 0 Å². The molecule has 0 radical (unpaired) electrons. The molecule has 8 heteroatoms. The first kappa shape index (κ1) is 24.5. The highest BCUT2D eigenvalue weighted by Gasteiger charge is 2.30. The second-order valence-corrected chi connectivity index (χ2v) is 10.8. The summed E-state index contributed by atoms with van der Waals surface area (Å²) in [4.78, 5) is 28.1. The van der Waals surface area contributed by atoms with E-state index in [0.29, 0.717) is 23.4 Å². The number of anilines is 3. The Kier molecular flexibility index (Phi) is 6.43. The van der Waals surface area contributed by atoms with Crippen LogP contribution in [0.2, 0.25) is 0 Å². The summed E-state index contributed by atoms with van der Waals surface area (Å²) in [5, 5.41) is 4.56. The van der Waals surface area contributed by atoms with Crippen LogP contribution in [-0.2, 0) is 10.0 Å². The number of carbonyl (C=O) groups excluding carboxylic acids is 2. The number of nitrogens with one attached hydrogen (secondary N) is 2. The van der Waals surface area contributed by atoms with Gasteiger partial charge in [0, 0.05) is 39.8 Å². The van der Waals surface area contributed by atoms with Crippen LogP contribution in [0.4, 0.5) is 17.1 Å². The molecule has 0 spiro atoms. The molecule has 1 heterocycles. The van der Waals surface area contributed by atoms with Crippen LogP contribution in [0.15, 0.2) is 83.8 Å². The molecule has 4 aromatic rings. The third-order valence-corrected chi connectivity index (χ3v) is 7.87. The topological polar surface area (TPSA) is 95.6 Å². The number of amides is 2. The molecule has 0 atom stereocenters. The lowest BCUT2D eigenvalue weighted by Gasteiger charge is -2.18. The summed E-state index contributed by atoms with van der Waals surface area (Å²) in [6.45, 7) is 4.62. The summed E-state index contributed by atoms with van der Waals surface area (Å²) < 4.78 is 28.1. The van der Waals surface area contributed by atoms with Gasteiger partial charge < -0.3 is 10.2 Å². The molecule has 0 saturated carbocycles. The molecule has 37 heavy (non-hydrogen) atoms. The van der Waals surface area contributed by atoms with Gasteiger partial charge in [-0.3, -0.25) is 14.3 Å². The van der Waals surface area contributed by atoms with Crippen LogP contribution in [0, 0.1) is 6.92 Å². The van der Waals surface area contributed by atoms with Crippen LogP contribution in [0.5, 0.6) is 0 Å². The van der Waals surface area contributed by atoms with Crippen molar-refractivity contribution in [3.05, 3.63) is 95.6 Å². The zero-order chi connectivity index (χ0) is 26.2. The SMILES string of the molecule is CCCCN1C(=O)c2cccc3c(NC(=O)c4cccc(NS(=O)(=O)c5ccc(C)cc5)c4)ccc1c23. The van der Waals surface area contributed by atoms with Crippen LogP contribution in [0.25, 0.3) is 10.8 Å². The maximum atomic E-state index is 13.2. The number of benzene rings is 4. The van der Waals surface area contributed by atoms with Gasteiger partial charge in [-0.05, 0) is 61.9 Å². The van der Waals surface area contributed by atoms with E-state index >= 15 is 0 Å². The average molecular weight is 514 g/mol. The molecule has 5 rings (SSSR count). The van der Waals surface area contributed by atoms with E-state index in [4.69, 9.17) is 0 Å². The number of hydrogen-bond acceptors (Lipinski definition) is 4. The molecule has 1 aliphatic heterocycles. The van der Waals surface area contributed by atoms with Crippen molar-refractivity contribution < 1.29 is 18.0 Å². The number of unbranched alkanes of at least 4 members (excludes halogenated alkanes) is 1. The lowest BCUT2D eigenvalue weighted by atomic mass is 10.0. The summed E-state index contributed by atoms with van der Waals surface area (Å²) in [5.74, 6) is -0.407. The second kappa shape index (κ2) is 9.71. The first-order valence-electron chi connectivity index (χ1n) is 12.2. The quantitative estimate of drug-likeness (QED) is 0.304. The van der Waals surface area contributed by atoms with E-state index in [1.54, 1.807) is 41.3 Å². The summed E-state index contributed by atoms with van der Waals surface area (Å²) >= 11 is 0. The average Bonchev–Trinajstić information content (AvgIpc) is 3.16. The molecule has 2 N–H and O–H groups in total. The van der Waals surface area contributed by atoms with Gasteiger partial charge in [0.05, 0.1) is 10.6 Å². The highest BCUT2D eigenvalue weighted by atomic mass is 32.2. The summed E-state index contributed by atoms with van der Waals surface area (Å²) in [6, 6.07) is 22.1. The Morgan fingerprint density at radius 3 is 2.46 bits per heavy atom. The van der Waals surface area contributed by atoms with Gasteiger partial charge >= 0.3 is 0 Å². The van der Waals surface area contributed by atoms with Crippen molar-refractivity contribution in [1.82, 2.24) is 0 Å². The van der Waals surface area contributed by atoms with Crippen LogP contribution in [0.1, 0.15) is 46.0 Å². The van der Waals surface area contributed by atoms with Crippen LogP contribution < -0.4 is 14.9 Å². The smallest absolute Gasteiger partial charge is 0.261 e. The first-order chi connectivity index (χ1) is 17.8. The standard InChI is InChI=1S/C29H27N3O4S/c1-3-4-17-32-26-16-15-25(23-9-6-10-24(27(23)26)29(32)34)30-28(33)20-7-5-8-21(18-20)31-37(35,36)22-13-11-19(2)12-14-22/h5-16,18,31H,3-4,17H2,1-2H3,(H,30,33). The lowest BCUT2D eigenvalue weighted by Crippen LogP contribution is -2.27. The Bertz CT molecular complexity index is 1630. The molecule has 1 aliphatic rings. The molecule has 0 fully saturated rings. The number of hydrogen-bond donors (Lipinski definition) is 2. The Morgan fingerprint density at radius 1 is 0.946 bits per heavy atom. The fourth-order valence-corrected chi connectivity index (χ4v) is 5.59. The fraction of sp³-hybridized carbons (Fsp3) is 0.172. The maximum absolute atomic E-state index is 13.2. The van der Waals surface area contributed by atoms with E-state index in [0.717, 1.165) is 34.9 Å². The van der Waals surface area contributed by atoms with E-state index < -0.39 is 10.0 Å². The number of nitrogens with zero attached hydrogens (tertiary/aromatic N) is 1. The molecule has 4 aromatic carbocycles. The molecule has 0 aromatic heterocycles. The maximum Gasteiger partial charge on any atom is 0.261 e. The lowest BCUT2D eigenvalue weighted by molar-refractivity contribution is 0.0991. The minimum absolute atomic E-state index is 0.0221. The monoisotopic (exact) mass is 513 g/mol. The Balaban J connectivity index is 1.40. The Hall–Kier alpha value is -4.17. The zero-order valence-electron chi connectivity index (χ0n) is 20.6. The molecule has 0 saturated heterocycles. The minimum Gasteiger partial charge on any atom is -0.321 e. The fourth-order valence-electron chi connectivity index (χ4n) is 4.54. The van der Waals surface area contributed by atoms with Crippen molar-refractivity contribution in [3.63, 3.8) is 0 Å². The van der Waals surface area contributed by atoms with Gasteiger partial charge in [0.25, 0.3) is 21.8 Å². The largest absolute Gasteiger partial charge is 0.321 e. The van der Waals surface area contributed by atoms with Gasteiger partial charge in [-0.2, -0.15) is 0 Å². The van der Waals surface area contributed by atoms with Gasteiger partial charge in [0.1, 0.15) is 0 Å². The summed E-state index contributed by atoms with van der Waals surface area (Å²) in [5.41, 5.74) is 3.61. The Labute approximate surface area is 216 Å². The zero-order valence-corrected chi connectivity index (χ0v) is 21.4. The predicted molar refractivity (Wildman–Crippen MR) is 147 cm³/mol. The van der Waals surface area contributed by atoms with Gasteiger partial charge in [-0.15, -0.1) is 0 Å². The number of aryl methyl sites for hydroxylation is 1. The summed E-state index contributed by atoms with van der Waals surface area (Å²) in [6.07, 6.45) is 1.89. The predicted octanol–water partition coefficient (Wildman–Crippen LogP) is 5.96. The third kappa shape index (κ3) is 4.68. The number of rotatable bonds is 8. The van der Waals surface area contributed by atoms with E-state index in [9.17, 15) is 18.0 Å². The minimum atomic E-state index is -3.80. The molecule has 7 nitrogen and oxygen atoms in total. The number of carbonyl (C=O) groups is 2. The molecular weight excluding hydrogens is 486 g/mol.